The average Bonchev–Trinajstić information content (AvgIpc) is 2.97. The largest absolute Gasteiger partial charge is 0.387 e. The Kier molecular flexibility index (Phi) is 7.69. The fourth-order valence-electron chi connectivity index (χ4n) is 4.24. The van der Waals surface area contributed by atoms with Crippen LogP contribution in [0.3, 0.4) is 0 Å². The first kappa shape index (κ1) is 22.9. The standard InChI is InChI=1S/C24H40N2O2/c1-7-8-12-17-26-21(18(2)3)25-20(22(26)27)24(28,23(4,5)6)16-15-19-13-10-9-11-14-19/h9-11,13-14,18,20-21,25,28H,7-8,12,15-17H2,1-6H3/t20-,21?,24+/m1/s1. The fraction of sp³-hybridized carbons (Fsp3) is 0.708. The second-order valence-electron chi connectivity index (χ2n) is 9.69. The Morgan fingerprint density at radius 1 is 1.14 bits per heavy atom. The molecule has 0 saturated carbocycles. The number of hydrogen-bond acceptors (Lipinski definition) is 3. The Morgan fingerprint density at radius 3 is 2.32 bits per heavy atom. The molecule has 1 aliphatic rings. The van der Waals surface area contributed by atoms with Gasteiger partial charge in [-0.05, 0) is 36.2 Å². The first-order valence-electron chi connectivity index (χ1n) is 10.9. The Bertz CT molecular complexity index is 623. The summed E-state index contributed by atoms with van der Waals surface area (Å²) in [4.78, 5) is 15.4. The van der Waals surface area contributed by atoms with Gasteiger partial charge >= 0.3 is 0 Å². The zero-order valence-corrected chi connectivity index (χ0v) is 18.7. The lowest BCUT2D eigenvalue weighted by atomic mass is 9.69. The average molecular weight is 389 g/mol. The maximum Gasteiger partial charge on any atom is 0.244 e. The van der Waals surface area contributed by atoms with E-state index in [1.807, 2.05) is 43.9 Å². The van der Waals surface area contributed by atoms with Crippen molar-refractivity contribution in [3.8, 4) is 0 Å². The van der Waals surface area contributed by atoms with Gasteiger partial charge in [0.2, 0.25) is 5.91 Å². The second kappa shape index (κ2) is 9.41. The van der Waals surface area contributed by atoms with E-state index in [1.54, 1.807) is 0 Å². The van der Waals surface area contributed by atoms with Gasteiger partial charge in [0.25, 0.3) is 0 Å². The molecule has 0 aliphatic carbocycles. The zero-order valence-electron chi connectivity index (χ0n) is 18.7. The zero-order chi connectivity index (χ0) is 20.9. The van der Waals surface area contributed by atoms with Crippen molar-refractivity contribution >= 4 is 5.91 Å². The van der Waals surface area contributed by atoms with Gasteiger partial charge in [-0.15, -0.1) is 0 Å². The lowest BCUT2D eigenvalue weighted by Crippen LogP contribution is -2.60. The van der Waals surface area contributed by atoms with Crippen LogP contribution in [0.1, 0.15) is 72.8 Å². The minimum Gasteiger partial charge on any atom is -0.387 e. The molecule has 0 spiro atoms. The molecule has 4 nitrogen and oxygen atoms in total. The summed E-state index contributed by atoms with van der Waals surface area (Å²) in [6.45, 7) is 13.3. The van der Waals surface area contributed by atoms with Crippen molar-refractivity contribution < 1.29 is 9.90 Å². The number of rotatable bonds is 9. The van der Waals surface area contributed by atoms with E-state index < -0.39 is 17.1 Å². The number of carbonyl (C=O) groups excluding carboxylic acids is 1. The van der Waals surface area contributed by atoms with E-state index in [1.165, 1.54) is 5.56 Å². The van der Waals surface area contributed by atoms with Gasteiger partial charge in [-0.3, -0.25) is 10.1 Å². The number of benzene rings is 1. The summed E-state index contributed by atoms with van der Waals surface area (Å²) in [7, 11) is 0. The molecule has 4 heteroatoms. The molecule has 1 aliphatic heterocycles. The van der Waals surface area contributed by atoms with E-state index in [4.69, 9.17) is 0 Å². The molecule has 158 valence electrons. The predicted molar refractivity (Wildman–Crippen MR) is 116 cm³/mol. The summed E-state index contributed by atoms with van der Waals surface area (Å²) in [5.74, 6) is 0.356. The van der Waals surface area contributed by atoms with Crippen LogP contribution in [0.4, 0.5) is 0 Å². The summed E-state index contributed by atoms with van der Waals surface area (Å²) in [6.07, 6.45) is 4.56. The minimum atomic E-state index is -1.12. The Labute approximate surface area is 171 Å². The van der Waals surface area contributed by atoms with Gasteiger partial charge < -0.3 is 10.0 Å². The molecule has 1 aromatic carbocycles. The first-order valence-corrected chi connectivity index (χ1v) is 10.9. The molecular weight excluding hydrogens is 348 g/mol. The SMILES string of the molecule is CCCCCN1C(=O)[C@H]([C@@](O)(CCc2ccccc2)C(C)(C)C)NC1C(C)C. The summed E-state index contributed by atoms with van der Waals surface area (Å²) in [5.41, 5.74) is -0.348. The third-order valence-electron chi connectivity index (χ3n) is 6.25. The molecule has 1 heterocycles. The van der Waals surface area contributed by atoms with Gasteiger partial charge in [-0.2, -0.15) is 0 Å². The van der Waals surface area contributed by atoms with Gasteiger partial charge in [0.1, 0.15) is 6.04 Å². The highest BCUT2D eigenvalue weighted by molar-refractivity contribution is 5.86. The van der Waals surface area contributed by atoms with Crippen molar-refractivity contribution in [2.45, 2.75) is 91.5 Å². The highest BCUT2D eigenvalue weighted by Gasteiger charge is 2.55. The maximum atomic E-state index is 13.4. The van der Waals surface area contributed by atoms with Crippen LogP contribution in [0.5, 0.6) is 0 Å². The lowest BCUT2D eigenvalue weighted by Gasteiger charge is -2.44. The Balaban J connectivity index is 2.25. The number of nitrogens with one attached hydrogen (secondary N) is 1. The van der Waals surface area contributed by atoms with Crippen LogP contribution in [0.25, 0.3) is 0 Å². The van der Waals surface area contributed by atoms with Gasteiger partial charge in [-0.25, -0.2) is 0 Å². The van der Waals surface area contributed by atoms with Crippen LogP contribution < -0.4 is 5.32 Å². The molecule has 3 atom stereocenters. The molecule has 1 unspecified atom stereocenters. The fourth-order valence-corrected chi connectivity index (χ4v) is 4.24. The van der Waals surface area contributed by atoms with E-state index in [0.29, 0.717) is 12.3 Å². The maximum absolute atomic E-state index is 13.4. The van der Waals surface area contributed by atoms with Crippen LogP contribution in [-0.4, -0.2) is 40.3 Å². The summed E-state index contributed by atoms with van der Waals surface area (Å²) >= 11 is 0. The highest BCUT2D eigenvalue weighted by atomic mass is 16.3. The van der Waals surface area contributed by atoms with Crippen LogP contribution in [0, 0.1) is 11.3 Å². The normalized spacial score (nSPS) is 22.7. The molecule has 1 fully saturated rings. The molecule has 28 heavy (non-hydrogen) atoms. The molecule has 1 amide bonds. The number of hydrogen-bond donors (Lipinski definition) is 2. The molecule has 0 bridgehead atoms. The van der Waals surface area contributed by atoms with E-state index >= 15 is 0 Å². The lowest BCUT2D eigenvalue weighted by molar-refractivity contribution is -0.143. The third-order valence-corrected chi connectivity index (χ3v) is 6.25. The molecule has 2 rings (SSSR count). The molecule has 0 aromatic heterocycles. The minimum absolute atomic E-state index is 0.0139. The van der Waals surface area contributed by atoms with Gasteiger partial charge in [0, 0.05) is 6.54 Å². The number of amides is 1. The molecule has 1 aromatic rings. The number of nitrogens with zero attached hydrogens (tertiary/aromatic N) is 1. The van der Waals surface area contributed by atoms with Crippen LogP contribution >= 0.6 is 0 Å². The Hall–Kier alpha value is -1.39. The molecule has 1 saturated heterocycles. The van der Waals surface area contributed by atoms with Crippen molar-refractivity contribution in [2.75, 3.05) is 6.54 Å². The topological polar surface area (TPSA) is 52.6 Å². The van der Waals surface area contributed by atoms with Crippen molar-refractivity contribution in [1.82, 2.24) is 10.2 Å². The highest BCUT2D eigenvalue weighted by Crippen LogP contribution is 2.40. The number of aliphatic hydroxyl groups is 1. The quantitative estimate of drug-likeness (QED) is 0.618. The van der Waals surface area contributed by atoms with E-state index in [0.717, 1.165) is 32.2 Å². The van der Waals surface area contributed by atoms with Crippen LogP contribution in [0.2, 0.25) is 0 Å². The van der Waals surface area contributed by atoms with Crippen LogP contribution in [0.15, 0.2) is 30.3 Å². The van der Waals surface area contributed by atoms with Gasteiger partial charge in [0.15, 0.2) is 0 Å². The van der Waals surface area contributed by atoms with E-state index in [-0.39, 0.29) is 12.1 Å². The van der Waals surface area contributed by atoms with Gasteiger partial charge in [-0.1, -0.05) is 84.7 Å². The van der Waals surface area contributed by atoms with E-state index in [9.17, 15) is 9.90 Å². The van der Waals surface area contributed by atoms with Crippen molar-refractivity contribution in [2.24, 2.45) is 11.3 Å². The molecular formula is C24H40N2O2. The predicted octanol–water partition coefficient (Wildman–Crippen LogP) is 4.37. The summed E-state index contributed by atoms with van der Waals surface area (Å²) in [5, 5.41) is 15.4. The van der Waals surface area contributed by atoms with Crippen molar-refractivity contribution in [1.29, 1.82) is 0 Å². The number of aryl methyl sites for hydroxylation is 1. The van der Waals surface area contributed by atoms with Gasteiger partial charge in [0.05, 0.1) is 11.8 Å². The molecule has 0 radical (unpaired) electrons. The van der Waals surface area contributed by atoms with Crippen molar-refractivity contribution in [3.63, 3.8) is 0 Å². The molecule has 2 N–H and O–H groups in total. The number of unbranched alkanes of at least 4 members (excludes halogenated alkanes) is 2. The number of carbonyl (C=O) groups is 1. The van der Waals surface area contributed by atoms with Crippen molar-refractivity contribution in [3.05, 3.63) is 35.9 Å². The Morgan fingerprint density at radius 2 is 1.79 bits per heavy atom. The van der Waals surface area contributed by atoms with Crippen LogP contribution in [-0.2, 0) is 11.2 Å². The summed E-state index contributed by atoms with van der Waals surface area (Å²) < 4.78 is 0. The van der Waals surface area contributed by atoms with E-state index in [2.05, 4.69) is 38.2 Å². The summed E-state index contributed by atoms with van der Waals surface area (Å²) in [6, 6.07) is 9.65. The first-order chi connectivity index (χ1) is 13.1. The second-order valence-corrected chi connectivity index (χ2v) is 9.69. The third kappa shape index (κ3) is 4.96. The smallest absolute Gasteiger partial charge is 0.244 e. The monoisotopic (exact) mass is 388 g/mol.